The van der Waals surface area contributed by atoms with Gasteiger partial charge in [-0.25, -0.2) is 4.98 Å². The number of aliphatic hydroxyl groups is 1. The van der Waals surface area contributed by atoms with Crippen molar-refractivity contribution in [3.8, 4) is 17.2 Å². The lowest BCUT2D eigenvalue weighted by Gasteiger charge is -2.23. The van der Waals surface area contributed by atoms with Crippen molar-refractivity contribution in [3.63, 3.8) is 0 Å². The molecule has 204 valence electrons. The van der Waals surface area contributed by atoms with Gasteiger partial charge in [0.25, 0.3) is 5.78 Å². The van der Waals surface area contributed by atoms with Crippen LogP contribution in [0.15, 0.2) is 60.2 Å². The van der Waals surface area contributed by atoms with Crippen molar-refractivity contribution in [2.45, 2.75) is 33.2 Å². The molecule has 1 fully saturated rings. The van der Waals surface area contributed by atoms with Crippen LogP contribution in [0.3, 0.4) is 0 Å². The molecule has 1 saturated heterocycles. The van der Waals surface area contributed by atoms with Gasteiger partial charge in [0.2, 0.25) is 0 Å². The molecule has 2 aliphatic heterocycles. The number of Topliss-reactive ketones (excluding diaryl/α,β-unsaturated/α-hetero) is 1. The van der Waals surface area contributed by atoms with Gasteiger partial charge in [0.1, 0.15) is 24.7 Å². The quantitative estimate of drug-likeness (QED) is 0.174. The van der Waals surface area contributed by atoms with E-state index in [4.69, 9.17) is 19.2 Å². The molecule has 0 unspecified atom stereocenters. The van der Waals surface area contributed by atoms with E-state index >= 15 is 0 Å². The van der Waals surface area contributed by atoms with Gasteiger partial charge in [-0.2, -0.15) is 0 Å². The molecule has 8 nitrogen and oxygen atoms in total. The number of hydrogen-bond donors (Lipinski definition) is 1. The molecule has 40 heavy (non-hydrogen) atoms. The number of benzene rings is 3. The number of aryl methyl sites for hydroxylation is 2. The van der Waals surface area contributed by atoms with Crippen molar-refractivity contribution in [3.05, 3.63) is 82.4 Å². The Morgan fingerprint density at radius 2 is 1.88 bits per heavy atom. The molecule has 1 N–H and O–H groups in total. The Balaban J connectivity index is 1.53. The van der Waals surface area contributed by atoms with Crippen molar-refractivity contribution in [1.29, 1.82) is 0 Å². The highest BCUT2D eigenvalue weighted by atomic mass is 32.1. The summed E-state index contributed by atoms with van der Waals surface area (Å²) in [5.74, 6) is -0.202. The molecular weight excluding hydrogens is 528 g/mol. The van der Waals surface area contributed by atoms with Crippen LogP contribution in [0.2, 0.25) is 0 Å². The molecule has 3 heterocycles. The van der Waals surface area contributed by atoms with Crippen LogP contribution in [-0.4, -0.2) is 41.6 Å². The molecule has 1 atom stereocenters. The zero-order valence-corrected chi connectivity index (χ0v) is 23.2. The lowest BCUT2D eigenvalue weighted by Crippen LogP contribution is -2.29. The second-order valence-corrected chi connectivity index (χ2v) is 10.9. The summed E-state index contributed by atoms with van der Waals surface area (Å²) in [6.07, 6.45) is 0.831. The van der Waals surface area contributed by atoms with Gasteiger partial charge >= 0.3 is 5.91 Å². The van der Waals surface area contributed by atoms with Gasteiger partial charge in [0.15, 0.2) is 16.6 Å². The Kier molecular flexibility index (Phi) is 6.67. The monoisotopic (exact) mass is 556 g/mol. The summed E-state index contributed by atoms with van der Waals surface area (Å²) in [6.45, 7) is 7.33. The van der Waals surface area contributed by atoms with Crippen LogP contribution >= 0.6 is 11.3 Å². The van der Waals surface area contributed by atoms with Crippen molar-refractivity contribution in [2.24, 2.45) is 0 Å². The summed E-state index contributed by atoms with van der Waals surface area (Å²) in [5, 5.41) is 12.0. The smallest absolute Gasteiger partial charge is 0.301 e. The first kappa shape index (κ1) is 25.9. The van der Waals surface area contributed by atoms with Crippen LogP contribution in [-0.2, 0) is 9.59 Å². The van der Waals surface area contributed by atoms with Gasteiger partial charge in [-0.3, -0.25) is 14.5 Å². The van der Waals surface area contributed by atoms with Crippen molar-refractivity contribution in [1.82, 2.24) is 4.98 Å². The molecular formula is C31H28N2O6S. The number of anilines is 1. The van der Waals surface area contributed by atoms with Crippen LogP contribution in [0.1, 0.15) is 41.6 Å². The Bertz CT molecular complexity index is 1690. The molecule has 0 aliphatic carbocycles. The fourth-order valence-corrected chi connectivity index (χ4v) is 6.32. The maximum Gasteiger partial charge on any atom is 0.301 e. The fourth-order valence-electron chi connectivity index (χ4n) is 5.15. The number of hydrogen-bond acceptors (Lipinski definition) is 8. The average Bonchev–Trinajstić information content (AvgIpc) is 3.49. The SMILES string of the molecule is CCCOc1cccc([C@H]2/C(=C(\O)c3ccc4c(c3)OCCO4)C(=O)C(=O)N2c2nc3c(C)cc(C)cc3s2)c1. The number of carbonyl (C=O) groups excluding carboxylic acids is 2. The Hall–Kier alpha value is -4.37. The van der Waals surface area contributed by atoms with E-state index in [0.717, 1.165) is 27.8 Å². The third-order valence-electron chi connectivity index (χ3n) is 6.93. The van der Waals surface area contributed by atoms with Crippen molar-refractivity contribution >= 4 is 44.1 Å². The summed E-state index contributed by atoms with van der Waals surface area (Å²) in [7, 11) is 0. The highest BCUT2D eigenvalue weighted by Gasteiger charge is 2.48. The Morgan fingerprint density at radius 3 is 2.67 bits per heavy atom. The molecule has 0 radical (unpaired) electrons. The van der Waals surface area contributed by atoms with Gasteiger partial charge in [0.05, 0.1) is 28.4 Å². The molecule has 4 aromatic rings. The molecule has 2 aliphatic rings. The number of aromatic nitrogens is 1. The van der Waals surface area contributed by atoms with Crippen LogP contribution in [0.5, 0.6) is 17.2 Å². The zero-order valence-electron chi connectivity index (χ0n) is 22.4. The van der Waals surface area contributed by atoms with E-state index in [1.165, 1.54) is 16.2 Å². The van der Waals surface area contributed by atoms with Gasteiger partial charge in [-0.05, 0) is 73.4 Å². The number of carbonyl (C=O) groups is 2. The van der Waals surface area contributed by atoms with Gasteiger partial charge in [-0.15, -0.1) is 0 Å². The maximum atomic E-state index is 13.7. The highest BCUT2D eigenvalue weighted by molar-refractivity contribution is 7.22. The number of nitrogens with zero attached hydrogens (tertiary/aromatic N) is 2. The van der Waals surface area contributed by atoms with E-state index in [9.17, 15) is 14.7 Å². The fraction of sp³-hybridized carbons (Fsp3) is 0.258. The summed E-state index contributed by atoms with van der Waals surface area (Å²) >= 11 is 1.34. The van der Waals surface area contributed by atoms with E-state index in [1.807, 2.05) is 51.1 Å². The molecule has 9 heteroatoms. The largest absolute Gasteiger partial charge is 0.507 e. The Morgan fingerprint density at radius 1 is 1.07 bits per heavy atom. The van der Waals surface area contributed by atoms with E-state index < -0.39 is 17.7 Å². The third-order valence-corrected chi connectivity index (χ3v) is 7.93. The number of fused-ring (bicyclic) bond motifs is 2. The minimum absolute atomic E-state index is 0.0264. The molecule has 1 aromatic heterocycles. The lowest BCUT2D eigenvalue weighted by atomic mass is 9.95. The first-order valence-electron chi connectivity index (χ1n) is 13.2. The summed E-state index contributed by atoms with van der Waals surface area (Å²) in [5.41, 5.74) is 3.79. The standard InChI is InChI=1S/C31H28N2O6S/c1-4-10-37-21-7-5-6-19(15-21)27-25(28(34)20-8-9-22-23(16-20)39-12-11-38-22)29(35)30(36)33(27)31-32-26-18(3)13-17(2)14-24(26)40-31/h5-9,13-16,27,34H,4,10-12H2,1-3H3/b28-25+/t27-/m0/s1. The van der Waals surface area contributed by atoms with E-state index in [0.29, 0.717) is 53.3 Å². The number of thiazole rings is 1. The van der Waals surface area contributed by atoms with Crippen LogP contribution in [0, 0.1) is 13.8 Å². The van der Waals surface area contributed by atoms with Crippen molar-refractivity contribution in [2.75, 3.05) is 24.7 Å². The van der Waals surface area contributed by atoms with Crippen LogP contribution in [0.4, 0.5) is 5.13 Å². The van der Waals surface area contributed by atoms with E-state index in [-0.39, 0.29) is 11.3 Å². The number of amides is 1. The lowest BCUT2D eigenvalue weighted by molar-refractivity contribution is -0.132. The predicted octanol–water partition coefficient (Wildman–Crippen LogP) is 6.10. The molecule has 0 spiro atoms. The number of ether oxygens (including phenoxy) is 3. The predicted molar refractivity (Wildman–Crippen MR) is 154 cm³/mol. The Labute approximate surface area is 235 Å². The number of aliphatic hydroxyl groups excluding tert-OH is 1. The minimum Gasteiger partial charge on any atom is -0.507 e. The second-order valence-electron chi connectivity index (χ2n) is 9.87. The molecule has 6 rings (SSSR count). The average molecular weight is 557 g/mol. The van der Waals surface area contributed by atoms with Crippen LogP contribution in [0.25, 0.3) is 16.0 Å². The van der Waals surface area contributed by atoms with E-state index in [2.05, 4.69) is 0 Å². The molecule has 0 bridgehead atoms. The van der Waals surface area contributed by atoms with Crippen molar-refractivity contribution < 1.29 is 28.9 Å². The zero-order chi connectivity index (χ0) is 28.0. The van der Waals surface area contributed by atoms with Crippen LogP contribution < -0.4 is 19.1 Å². The minimum atomic E-state index is -0.916. The normalized spacial score (nSPS) is 18.0. The summed E-state index contributed by atoms with van der Waals surface area (Å²) in [6, 6.07) is 15.4. The summed E-state index contributed by atoms with van der Waals surface area (Å²) in [4.78, 5) is 33.5. The maximum absolute atomic E-state index is 13.7. The third kappa shape index (κ3) is 4.46. The first-order chi connectivity index (χ1) is 19.4. The molecule has 1 amide bonds. The second kappa shape index (κ2) is 10.3. The number of rotatable bonds is 6. The topological polar surface area (TPSA) is 98.2 Å². The van der Waals surface area contributed by atoms with Gasteiger partial charge < -0.3 is 19.3 Å². The molecule has 0 saturated carbocycles. The first-order valence-corrected chi connectivity index (χ1v) is 14.0. The van der Waals surface area contributed by atoms with E-state index in [1.54, 1.807) is 24.3 Å². The summed E-state index contributed by atoms with van der Waals surface area (Å²) < 4.78 is 18.1. The number of ketones is 1. The highest BCUT2D eigenvalue weighted by Crippen LogP contribution is 2.46. The van der Waals surface area contributed by atoms with Gasteiger partial charge in [0, 0.05) is 5.56 Å². The molecule has 3 aromatic carbocycles. The van der Waals surface area contributed by atoms with Gasteiger partial charge in [-0.1, -0.05) is 36.5 Å².